The number of carbonyl (C=O) groups is 1. The molecular formula is C14H12I3O5S-. The van der Waals surface area contributed by atoms with Crippen LogP contribution in [0.25, 0.3) is 0 Å². The Labute approximate surface area is 175 Å². The summed E-state index contributed by atoms with van der Waals surface area (Å²) in [5.74, 6) is 0.781. The van der Waals surface area contributed by atoms with Gasteiger partial charge < -0.3 is 9.29 Å². The summed E-state index contributed by atoms with van der Waals surface area (Å²) in [7, 11) is -4.63. The molecule has 2 aliphatic carbocycles. The molecular weight excluding hydrogens is 661 g/mol. The Hall–Kier alpha value is 0.790. The number of ether oxygens (including phenoxy) is 1. The third-order valence-corrected chi connectivity index (χ3v) is 8.92. The van der Waals surface area contributed by atoms with Crippen molar-refractivity contribution in [2.24, 2.45) is 17.8 Å². The van der Waals surface area contributed by atoms with E-state index in [1.54, 1.807) is 28.7 Å². The van der Waals surface area contributed by atoms with Gasteiger partial charge in [0.25, 0.3) is 0 Å². The number of esters is 1. The lowest BCUT2D eigenvalue weighted by Crippen LogP contribution is -2.26. The van der Waals surface area contributed by atoms with Gasteiger partial charge in [0.05, 0.1) is 18.0 Å². The molecule has 2 saturated carbocycles. The highest BCUT2D eigenvalue weighted by Crippen LogP contribution is 2.49. The van der Waals surface area contributed by atoms with Crippen LogP contribution in [0.1, 0.15) is 25.7 Å². The van der Waals surface area contributed by atoms with E-state index in [9.17, 15) is 17.8 Å². The summed E-state index contributed by atoms with van der Waals surface area (Å²) in [6.07, 6.45) is 4.19. The van der Waals surface area contributed by atoms with E-state index in [0.717, 1.165) is 19.3 Å². The number of benzene rings is 1. The molecule has 5 nitrogen and oxygen atoms in total. The first-order valence-corrected chi connectivity index (χ1v) is 11.7. The van der Waals surface area contributed by atoms with Crippen molar-refractivity contribution < 1.29 is 22.5 Å². The molecule has 0 amide bonds. The second-order valence-corrected chi connectivity index (χ2v) is 10.7. The standard InChI is InChI=1S/C14H13I3O5S/c15-9-5-10(16)13(23(19,20)21)11(17)12(9)22-14(18)8-4-6-1-2-7(8)3-6/h5-8H,1-4H2,(H,19,20,21)/p-1. The van der Waals surface area contributed by atoms with Crippen LogP contribution in [-0.4, -0.2) is 18.9 Å². The minimum absolute atomic E-state index is 0.105. The molecule has 2 aliphatic rings. The van der Waals surface area contributed by atoms with Crippen molar-refractivity contribution in [1.82, 2.24) is 0 Å². The predicted molar refractivity (Wildman–Crippen MR) is 107 cm³/mol. The van der Waals surface area contributed by atoms with Crippen molar-refractivity contribution in [3.8, 4) is 5.75 Å². The van der Waals surface area contributed by atoms with Crippen LogP contribution in [0.2, 0.25) is 0 Å². The Morgan fingerprint density at radius 2 is 1.87 bits per heavy atom. The van der Waals surface area contributed by atoms with Crippen molar-refractivity contribution in [3.63, 3.8) is 0 Å². The molecule has 0 saturated heterocycles. The molecule has 2 bridgehead atoms. The number of carbonyl (C=O) groups excluding carboxylic acids is 1. The summed E-state index contributed by atoms with van der Waals surface area (Å²) in [5.41, 5.74) is 0. The number of hydrogen-bond acceptors (Lipinski definition) is 5. The highest BCUT2D eigenvalue weighted by atomic mass is 127. The molecule has 23 heavy (non-hydrogen) atoms. The van der Waals surface area contributed by atoms with E-state index in [-0.39, 0.29) is 26.1 Å². The van der Waals surface area contributed by atoms with E-state index in [0.29, 0.717) is 19.0 Å². The van der Waals surface area contributed by atoms with Crippen molar-refractivity contribution >= 4 is 83.9 Å². The van der Waals surface area contributed by atoms with Crippen LogP contribution in [0.3, 0.4) is 0 Å². The van der Waals surface area contributed by atoms with E-state index in [1.165, 1.54) is 6.42 Å². The summed E-state index contributed by atoms with van der Waals surface area (Å²) < 4.78 is 41.1. The van der Waals surface area contributed by atoms with Crippen molar-refractivity contribution in [1.29, 1.82) is 0 Å². The van der Waals surface area contributed by atoms with Crippen LogP contribution >= 0.6 is 67.8 Å². The SMILES string of the molecule is O=C(Oc1c(I)cc(I)c(S(=O)(=O)[O-])c1I)C1CC2CCC1C2. The second kappa shape index (κ2) is 6.83. The lowest BCUT2D eigenvalue weighted by atomic mass is 9.89. The predicted octanol–water partition coefficient (Wildman–Crippen LogP) is 3.75. The number of hydrogen-bond donors (Lipinski definition) is 0. The van der Waals surface area contributed by atoms with Crippen molar-refractivity contribution in [2.75, 3.05) is 0 Å². The highest BCUT2D eigenvalue weighted by molar-refractivity contribution is 14.1. The van der Waals surface area contributed by atoms with Crippen LogP contribution in [0.4, 0.5) is 0 Å². The van der Waals surface area contributed by atoms with Gasteiger partial charge in [-0.3, -0.25) is 4.79 Å². The summed E-state index contributed by atoms with van der Waals surface area (Å²) in [6, 6.07) is 1.55. The highest BCUT2D eigenvalue weighted by Gasteiger charge is 2.44. The van der Waals surface area contributed by atoms with Gasteiger partial charge in [0, 0.05) is 3.57 Å². The van der Waals surface area contributed by atoms with Crippen LogP contribution in [0.5, 0.6) is 5.75 Å². The van der Waals surface area contributed by atoms with Gasteiger partial charge in [0.15, 0.2) is 5.75 Å². The normalized spacial score (nSPS) is 26.5. The summed E-state index contributed by atoms with van der Waals surface area (Å²) in [4.78, 5) is 12.2. The van der Waals surface area contributed by atoms with Gasteiger partial charge in [-0.05, 0) is 105 Å². The zero-order valence-electron chi connectivity index (χ0n) is 11.7. The van der Waals surface area contributed by atoms with E-state index in [4.69, 9.17) is 4.74 Å². The zero-order valence-corrected chi connectivity index (χ0v) is 19.0. The smallest absolute Gasteiger partial charge is 0.314 e. The monoisotopic (exact) mass is 673 g/mol. The third-order valence-electron chi connectivity index (χ3n) is 4.58. The lowest BCUT2D eigenvalue weighted by molar-refractivity contribution is -0.140. The minimum Gasteiger partial charge on any atom is -0.744 e. The van der Waals surface area contributed by atoms with Gasteiger partial charge in [-0.15, -0.1) is 0 Å². The zero-order chi connectivity index (χ0) is 16.9. The first-order valence-electron chi connectivity index (χ1n) is 7.03. The van der Waals surface area contributed by atoms with Gasteiger partial charge in [-0.25, -0.2) is 8.42 Å². The molecule has 1 aromatic rings. The molecule has 3 rings (SSSR count). The number of halogens is 3. The fourth-order valence-corrected chi connectivity index (χ4v) is 9.41. The fourth-order valence-electron chi connectivity index (χ4n) is 3.59. The summed E-state index contributed by atoms with van der Waals surface area (Å²) >= 11 is 5.58. The molecule has 0 spiro atoms. The molecule has 0 N–H and O–H groups in total. The van der Waals surface area contributed by atoms with Crippen LogP contribution in [0, 0.1) is 28.5 Å². The van der Waals surface area contributed by atoms with Crippen LogP contribution < -0.4 is 4.74 Å². The van der Waals surface area contributed by atoms with E-state index in [1.807, 2.05) is 45.2 Å². The number of fused-ring (bicyclic) bond motifs is 2. The van der Waals surface area contributed by atoms with Crippen molar-refractivity contribution in [3.05, 3.63) is 16.8 Å². The Balaban J connectivity index is 1.92. The molecule has 1 aromatic carbocycles. The molecule has 0 radical (unpaired) electrons. The Morgan fingerprint density at radius 1 is 1.17 bits per heavy atom. The number of rotatable bonds is 3. The quantitative estimate of drug-likeness (QED) is 0.212. The molecule has 9 heteroatoms. The van der Waals surface area contributed by atoms with E-state index in [2.05, 4.69) is 0 Å². The fraction of sp³-hybridized carbons (Fsp3) is 0.500. The van der Waals surface area contributed by atoms with Gasteiger partial charge in [0.2, 0.25) is 0 Å². The maximum atomic E-state index is 12.5. The van der Waals surface area contributed by atoms with Gasteiger partial charge in [-0.2, -0.15) is 0 Å². The Kier molecular flexibility index (Phi) is 5.52. The molecule has 0 aliphatic heterocycles. The van der Waals surface area contributed by atoms with Crippen LogP contribution in [0.15, 0.2) is 11.0 Å². The van der Waals surface area contributed by atoms with Crippen LogP contribution in [-0.2, 0) is 14.9 Å². The average Bonchev–Trinajstić information content (AvgIpc) is 3.03. The molecule has 126 valence electrons. The summed E-state index contributed by atoms with van der Waals surface area (Å²) in [6.45, 7) is 0. The van der Waals surface area contributed by atoms with Gasteiger partial charge in [0.1, 0.15) is 10.1 Å². The minimum atomic E-state index is -4.63. The first kappa shape index (κ1) is 18.6. The van der Waals surface area contributed by atoms with E-state index < -0.39 is 10.1 Å². The third kappa shape index (κ3) is 3.67. The molecule has 3 atom stereocenters. The van der Waals surface area contributed by atoms with Gasteiger partial charge in [-0.1, -0.05) is 6.42 Å². The second-order valence-electron chi connectivity index (χ2n) is 5.97. The Morgan fingerprint density at radius 3 is 2.39 bits per heavy atom. The molecule has 3 unspecified atom stereocenters. The average molecular weight is 673 g/mol. The maximum Gasteiger partial charge on any atom is 0.314 e. The molecule has 2 fully saturated rings. The topological polar surface area (TPSA) is 83.5 Å². The molecule has 0 aromatic heterocycles. The van der Waals surface area contributed by atoms with Crippen molar-refractivity contribution in [2.45, 2.75) is 30.6 Å². The lowest BCUT2D eigenvalue weighted by Gasteiger charge is -2.22. The first-order chi connectivity index (χ1) is 10.7. The van der Waals surface area contributed by atoms with E-state index >= 15 is 0 Å². The maximum absolute atomic E-state index is 12.5. The van der Waals surface area contributed by atoms with Gasteiger partial charge >= 0.3 is 5.97 Å². The molecule has 0 heterocycles. The Bertz CT molecular complexity index is 777. The largest absolute Gasteiger partial charge is 0.744 e. The summed E-state index contributed by atoms with van der Waals surface area (Å²) in [5, 5.41) is 0.